The Morgan fingerprint density at radius 2 is 0.453 bits per heavy atom. The van der Waals surface area contributed by atoms with E-state index < -0.39 is 0 Å². The zero-order chi connectivity index (χ0) is 106. The van der Waals surface area contributed by atoms with Crippen LogP contribution in [0, 0.1) is 45.4 Å². The van der Waals surface area contributed by atoms with Gasteiger partial charge in [-0.1, -0.05) is 353 Å². The van der Waals surface area contributed by atoms with Crippen LogP contribution in [-0.2, 0) is 38.5 Å². The Labute approximate surface area is 896 Å². The first-order chi connectivity index (χ1) is 70.7. The van der Waals surface area contributed by atoms with Crippen LogP contribution in [0.1, 0.15) is 395 Å². The number of nitrogens with zero attached hydrogens (tertiary/aromatic N) is 6. The molecule has 3 aromatic heterocycles. The lowest BCUT2D eigenvalue weighted by Gasteiger charge is -2.25. The molecule has 3 unspecified atom stereocenters. The molecule has 20 rings (SSSR count). The summed E-state index contributed by atoms with van der Waals surface area (Å²) in [5.41, 5.74) is 53.7. The molecule has 0 fully saturated rings. The van der Waals surface area contributed by atoms with Crippen molar-refractivity contribution >= 4 is 17.1 Å². The maximum absolute atomic E-state index is 4.74. The van der Waals surface area contributed by atoms with E-state index in [1.54, 1.807) is 44.5 Å². The SMILES string of the molecule is CC(C)C1CCc2c(-c3cccc4c3CCC4C(C)C)cccc21.CC(C)N1CCc2c(-c3cccc4c3CCN4C(C)C)cccc21.CC(C)c1cccc(-c2cccc(C(C)C)n2)c1.CC(C)c1cccc(-c2cccc(C(C)C)n2)n1.Cc1c(-c2cccc(C(C)C)c2C)cccc1C(C)C.Cc1c(-c2cccc3c2CCC3C(C)C)cccc1C(C)C.Cc1c(-c2cccc3c2CCN3C(C)C)cccc1C(C)C. The second-order valence-electron chi connectivity index (χ2n) is 47.6. The summed E-state index contributed by atoms with van der Waals surface area (Å²) in [6.45, 7) is 76.1. The highest BCUT2D eigenvalue weighted by Crippen LogP contribution is 2.51. The number of rotatable bonds is 21. The topological polar surface area (TPSA) is 48.4 Å². The third-order valence-electron chi connectivity index (χ3n) is 33.1. The third kappa shape index (κ3) is 25.4. The monoisotopic (exact) mass is 1970 g/mol. The Hall–Kier alpha value is -11.7. The first-order valence-corrected chi connectivity index (χ1v) is 57.2. The summed E-state index contributed by atoms with van der Waals surface area (Å²) in [5.74, 6) is 8.67. The molecule has 0 radical (unpaired) electrons. The first-order valence-electron chi connectivity index (χ1n) is 57.2. The van der Waals surface area contributed by atoms with Gasteiger partial charge < -0.3 is 14.7 Å². The van der Waals surface area contributed by atoms with Crippen molar-refractivity contribution in [3.63, 3.8) is 0 Å². The molecule has 778 valence electrons. The number of benzene rings is 11. The van der Waals surface area contributed by atoms with E-state index in [1.807, 2.05) is 12.1 Å². The van der Waals surface area contributed by atoms with Gasteiger partial charge in [0.1, 0.15) is 0 Å². The van der Waals surface area contributed by atoms with Crippen LogP contribution in [-0.4, -0.2) is 52.7 Å². The lowest BCUT2D eigenvalue weighted by molar-refractivity contribution is 0.496. The molecule has 0 saturated carbocycles. The molecule has 14 aromatic rings. The van der Waals surface area contributed by atoms with Crippen molar-refractivity contribution in [2.75, 3.05) is 34.3 Å². The van der Waals surface area contributed by atoms with Gasteiger partial charge in [-0.2, -0.15) is 0 Å². The fraction of sp³-hybridized carbons (Fsp3) is 0.430. The summed E-state index contributed by atoms with van der Waals surface area (Å²) < 4.78 is 0. The minimum atomic E-state index is 0.443. The van der Waals surface area contributed by atoms with Gasteiger partial charge in [0.05, 0.1) is 17.1 Å². The number of pyridine rings is 3. The van der Waals surface area contributed by atoms with Crippen molar-refractivity contribution in [3.8, 4) is 78.3 Å². The summed E-state index contributed by atoms with van der Waals surface area (Å²) >= 11 is 0. The number of hydrogen-bond acceptors (Lipinski definition) is 6. The molecule has 6 aliphatic rings. The van der Waals surface area contributed by atoms with Crippen molar-refractivity contribution in [3.05, 3.63) is 378 Å². The average Bonchev–Trinajstić information content (AvgIpc) is 1.60. The Balaban J connectivity index is 0.000000137. The molecule has 0 spiro atoms. The van der Waals surface area contributed by atoms with E-state index in [4.69, 9.17) is 4.98 Å². The normalized spacial score (nSPS) is 15.2. The summed E-state index contributed by atoms with van der Waals surface area (Å²) in [6, 6.07) is 97.6. The van der Waals surface area contributed by atoms with Crippen LogP contribution in [0.25, 0.3) is 78.3 Å². The van der Waals surface area contributed by atoms with E-state index in [0.29, 0.717) is 65.5 Å². The second kappa shape index (κ2) is 50.3. The van der Waals surface area contributed by atoms with Gasteiger partial charge in [0, 0.05) is 77.5 Å². The maximum atomic E-state index is 4.74. The standard InChI is InChI=1S/C24H30.C22H28N2.C22H28.C21H27N.C20H26.C17H21N.C16H20N2/c1-15(2)17-11-13-23-19(17)7-5-9-21(23)22-10-6-8-20-18(16(3)4)12-14-24(20)22;1-15(2)23-13-11-19-17(7-5-9-21(19)23)18-8-6-10-22-20(18)12-14-24(22)16(3)4;1-14(2)17-8-6-9-19(16(17)5)21-11-7-10-20-18(15(3)4)12-13-22(20)21;1-14(2)17-8-6-9-18(16(17)5)19-10-7-11-21-20(19)12-13-22(21)15(3)4;1-13(2)17-9-7-11-19(15(17)5)20-12-8-10-18(14(3)4)16(20)6;1-12(2)14-7-5-8-15(11-14)17-10-6-9-16(18-17)13(3)4;1-11(2)13-7-5-9-15(17-13)16-10-6-8-14(18-16)12(3)4/h5-10,15-18H,11-14H2,1-4H3;5-10,15-16H,11-14H2,1-4H3;6-11,14-15,18H,12-13H2,1-5H3;6-11,14-15H,12-13H2,1-5H3;7-14H,1-6H3;5-13H,1-4H3;5-12H,1-4H3. The van der Waals surface area contributed by atoms with Crippen LogP contribution >= 0.6 is 0 Å². The van der Waals surface area contributed by atoms with Gasteiger partial charge in [-0.15, -0.1) is 0 Å². The molecule has 0 N–H and O–H groups in total. The summed E-state index contributed by atoms with van der Waals surface area (Å²) in [7, 11) is 0. The van der Waals surface area contributed by atoms with Crippen molar-refractivity contribution in [1.29, 1.82) is 0 Å². The van der Waals surface area contributed by atoms with Gasteiger partial charge in [-0.05, 0) is 426 Å². The van der Waals surface area contributed by atoms with E-state index in [-0.39, 0.29) is 0 Å². The first kappa shape index (κ1) is 112. The van der Waals surface area contributed by atoms with Crippen LogP contribution in [0.15, 0.2) is 261 Å². The van der Waals surface area contributed by atoms with Gasteiger partial charge in [0.15, 0.2) is 0 Å². The number of hydrogen-bond donors (Lipinski definition) is 0. The molecular weight excluding hydrogens is 1790 g/mol. The van der Waals surface area contributed by atoms with Gasteiger partial charge >= 0.3 is 0 Å². The van der Waals surface area contributed by atoms with Gasteiger partial charge in [0.25, 0.3) is 0 Å². The number of fused-ring (bicyclic) bond motifs is 6. The Bertz CT molecular complexity index is 6170. The van der Waals surface area contributed by atoms with Crippen molar-refractivity contribution in [1.82, 2.24) is 15.0 Å². The molecule has 3 aliphatic heterocycles. The van der Waals surface area contributed by atoms with Crippen molar-refractivity contribution in [2.24, 2.45) is 17.8 Å². The number of aromatic nitrogens is 3. The van der Waals surface area contributed by atoms with E-state index in [1.165, 1.54) is 185 Å². The van der Waals surface area contributed by atoms with E-state index in [9.17, 15) is 0 Å². The molecular formula is C142H180N6. The molecule has 6 nitrogen and oxygen atoms in total. The average molecular weight is 1970 g/mol. The molecule has 3 aliphatic carbocycles. The lowest BCUT2D eigenvalue weighted by atomic mass is 9.86. The van der Waals surface area contributed by atoms with Crippen LogP contribution < -0.4 is 14.7 Å². The minimum absolute atomic E-state index is 0.443. The third-order valence-corrected chi connectivity index (χ3v) is 33.1. The van der Waals surface area contributed by atoms with Crippen LogP contribution in [0.4, 0.5) is 17.1 Å². The number of anilines is 3. The Morgan fingerprint density at radius 3 is 0.730 bits per heavy atom. The lowest BCUT2D eigenvalue weighted by Crippen LogP contribution is -2.28. The molecule has 6 heterocycles. The predicted octanol–water partition coefficient (Wildman–Crippen LogP) is 39.3. The van der Waals surface area contributed by atoms with Gasteiger partial charge in [-0.25, -0.2) is 0 Å². The quantitative estimate of drug-likeness (QED) is 0.0715. The van der Waals surface area contributed by atoms with Crippen molar-refractivity contribution < 1.29 is 0 Å². The molecule has 11 aromatic carbocycles. The molecule has 148 heavy (non-hydrogen) atoms. The molecule has 3 atom stereocenters. The van der Waals surface area contributed by atoms with Gasteiger partial charge in [0.2, 0.25) is 0 Å². The largest absolute Gasteiger partial charge is 0.369 e. The zero-order valence-corrected chi connectivity index (χ0v) is 96.8. The van der Waals surface area contributed by atoms with E-state index in [2.05, 4.69) is 495 Å². The fourth-order valence-corrected chi connectivity index (χ4v) is 24.7. The Kier molecular flexibility index (Phi) is 38.0. The molecule has 0 bridgehead atoms. The predicted molar refractivity (Wildman–Crippen MR) is 644 cm³/mol. The van der Waals surface area contributed by atoms with E-state index in [0.717, 1.165) is 95.7 Å². The van der Waals surface area contributed by atoms with Crippen LogP contribution in [0.2, 0.25) is 0 Å². The van der Waals surface area contributed by atoms with Crippen molar-refractivity contribution in [2.45, 2.75) is 363 Å². The summed E-state index contributed by atoms with van der Waals surface area (Å²) in [6.07, 6.45) is 11.2. The van der Waals surface area contributed by atoms with Gasteiger partial charge in [-0.3, -0.25) is 15.0 Å². The molecule has 0 amide bonds. The Morgan fingerprint density at radius 1 is 0.216 bits per heavy atom. The van der Waals surface area contributed by atoms with E-state index >= 15 is 0 Å². The molecule has 0 saturated heterocycles. The van der Waals surface area contributed by atoms with Crippen LogP contribution in [0.3, 0.4) is 0 Å². The smallest absolute Gasteiger partial charge is 0.0889 e. The highest BCUT2D eigenvalue weighted by molar-refractivity contribution is 5.85. The highest BCUT2D eigenvalue weighted by atomic mass is 15.2. The maximum Gasteiger partial charge on any atom is 0.0889 e. The summed E-state index contributed by atoms with van der Waals surface area (Å²) in [4.78, 5) is 21.7. The fourth-order valence-electron chi connectivity index (χ4n) is 24.7. The zero-order valence-electron chi connectivity index (χ0n) is 96.8. The molecule has 6 heteroatoms. The van der Waals surface area contributed by atoms with Crippen LogP contribution in [0.5, 0.6) is 0 Å². The second-order valence-corrected chi connectivity index (χ2v) is 47.6. The highest BCUT2D eigenvalue weighted by Gasteiger charge is 2.35. The minimum Gasteiger partial charge on any atom is -0.369 e. The summed E-state index contributed by atoms with van der Waals surface area (Å²) in [5, 5.41) is 0.